The molecule has 0 aromatic heterocycles. The number of benzene rings is 1. The van der Waals surface area contributed by atoms with Gasteiger partial charge in [-0.1, -0.05) is 6.07 Å². The van der Waals surface area contributed by atoms with Crippen molar-refractivity contribution in [2.24, 2.45) is 11.1 Å². The average Bonchev–Trinajstić information content (AvgIpc) is 2.73. The maximum Gasteiger partial charge on any atom is 0.274 e. The Labute approximate surface area is 185 Å². The number of fused-ring (bicyclic) bond motifs is 4. The Kier molecular flexibility index (Phi) is 6.62. The lowest BCUT2D eigenvalue weighted by Gasteiger charge is -2.51. The van der Waals surface area contributed by atoms with Crippen molar-refractivity contribution in [2.45, 2.75) is 44.2 Å². The first-order valence-electron chi connectivity index (χ1n) is 10.9. The van der Waals surface area contributed by atoms with Gasteiger partial charge in [0, 0.05) is 38.3 Å². The number of nitrogens with two attached hydrogens (primary N) is 1. The molecule has 0 aliphatic carbocycles. The lowest BCUT2D eigenvalue weighted by atomic mass is 9.77. The zero-order valence-electron chi connectivity index (χ0n) is 17.9. The fourth-order valence-electron chi connectivity index (χ4n) is 5.45. The topological polar surface area (TPSA) is 122 Å². The largest absolute Gasteiger partial charge is 0.497 e. The summed E-state index contributed by atoms with van der Waals surface area (Å²) in [6, 6.07) is 6.43. The third kappa shape index (κ3) is 5.07. The molecule has 3 N–H and O–H groups in total. The van der Waals surface area contributed by atoms with E-state index in [9.17, 15) is 16.8 Å². The predicted molar refractivity (Wildman–Crippen MR) is 118 cm³/mol. The van der Waals surface area contributed by atoms with E-state index in [1.807, 2.05) is 6.07 Å². The second-order valence-corrected chi connectivity index (χ2v) is 12.2. The van der Waals surface area contributed by atoms with E-state index in [1.54, 1.807) is 11.4 Å². The van der Waals surface area contributed by atoms with E-state index in [1.165, 1.54) is 11.1 Å². The monoisotopic (exact) mass is 472 g/mol. The first-order valence-corrected chi connectivity index (χ1v) is 14.0. The van der Waals surface area contributed by atoms with Gasteiger partial charge in [-0.25, -0.2) is 18.3 Å². The molecule has 1 aromatic rings. The van der Waals surface area contributed by atoms with Crippen molar-refractivity contribution in [3.8, 4) is 5.75 Å². The van der Waals surface area contributed by atoms with Crippen LogP contribution in [0.3, 0.4) is 0 Å². The summed E-state index contributed by atoms with van der Waals surface area (Å²) in [4.78, 5) is 2.52. The molecule has 4 rings (SSSR count). The summed E-state index contributed by atoms with van der Waals surface area (Å²) in [5.41, 5.74) is 2.57. The van der Waals surface area contributed by atoms with Crippen LogP contribution in [0.15, 0.2) is 18.2 Å². The maximum absolute atomic E-state index is 13.1. The van der Waals surface area contributed by atoms with E-state index in [-0.39, 0.29) is 30.8 Å². The highest BCUT2D eigenvalue weighted by molar-refractivity contribution is 7.89. The Morgan fingerprint density at radius 1 is 1.23 bits per heavy atom. The van der Waals surface area contributed by atoms with Crippen LogP contribution < -0.4 is 14.6 Å². The van der Waals surface area contributed by atoms with E-state index in [0.29, 0.717) is 12.5 Å². The molecule has 2 fully saturated rings. The minimum atomic E-state index is -3.81. The minimum Gasteiger partial charge on any atom is -0.497 e. The third-order valence-corrected chi connectivity index (χ3v) is 9.44. The highest BCUT2D eigenvalue weighted by atomic mass is 32.2. The molecule has 3 aliphatic rings. The number of ether oxygens (including phenoxy) is 1. The van der Waals surface area contributed by atoms with Gasteiger partial charge in [0.2, 0.25) is 10.0 Å². The number of rotatable bonds is 7. The molecule has 0 radical (unpaired) electrons. The Morgan fingerprint density at radius 3 is 2.77 bits per heavy atom. The molecule has 11 heteroatoms. The summed E-state index contributed by atoms with van der Waals surface area (Å²) in [6.07, 6.45) is 3.88. The smallest absolute Gasteiger partial charge is 0.274 e. The molecule has 3 aliphatic heterocycles. The molecule has 0 bridgehead atoms. The molecule has 0 unspecified atom stereocenters. The van der Waals surface area contributed by atoms with Crippen molar-refractivity contribution in [3.63, 3.8) is 0 Å². The van der Waals surface area contributed by atoms with Gasteiger partial charge in [0.15, 0.2) is 0 Å². The predicted octanol–water partition coefficient (Wildman–Crippen LogP) is 0.592. The summed E-state index contributed by atoms with van der Waals surface area (Å²) in [6.45, 7) is 2.46. The van der Waals surface area contributed by atoms with Crippen LogP contribution >= 0.6 is 0 Å². The van der Waals surface area contributed by atoms with Crippen LogP contribution in [0.25, 0.3) is 0 Å². The van der Waals surface area contributed by atoms with E-state index in [2.05, 4.69) is 21.8 Å². The van der Waals surface area contributed by atoms with Crippen molar-refractivity contribution in [1.29, 1.82) is 0 Å². The normalized spacial score (nSPS) is 27.2. The molecule has 0 amide bonds. The van der Waals surface area contributed by atoms with Crippen molar-refractivity contribution < 1.29 is 21.6 Å². The molecular weight excluding hydrogens is 440 g/mol. The van der Waals surface area contributed by atoms with Crippen molar-refractivity contribution in [1.82, 2.24) is 13.9 Å². The molecule has 3 heterocycles. The lowest BCUT2D eigenvalue weighted by Crippen LogP contribution is -2.57. The highest BCUT2D eigenvalue weighted by Gasteiger charge is 2.45. The van der Waals surface area contributed by atoms with Gasteiger partial charge in [-0.3, -0.25) is 4.90 Å². The van der Waals surface area contributed by atoms with Crippen LogP contribution in [-0.4, -0.2) is 71.1 Å². The first-order chi connectivity index (χ1) is 14.7. The highest BCUT2D eigenvalue weighted by Crippen LogP contribution is 2.44. The first kappa shape index (κ1) is 22.9. The Balaban J connectivity index is 1.50. The van der Waals surface area contributed by atoms with Crippen LogP contribution in [0.5, 0.6) is 5.75 Å². The Hall–Kier alpha value is -1.24. The zero-order chi connectivity index (χ0) is 22.2. The number of methoxy groups -OCH3 is 1. The minimum absolute atomic E-state index is 0.0146. The summed E-state index contributed by atoms with van der Waals surface area (Å²) < 4.78 is 57.6. The molecule has 174 valence electrons. The van der Waals surface area contributed by atoms with Crippen LogP contribution in [-0.2, 0) is 26.7 Å². The van der Waals surface area contributed by atoms with Crippen LogP contribution in [0, 0.1) is 5.92 Å². The molecule has 9 nitrogen and oxygen atoms in total. The second-order valence-electron chi connectivity index (χ2n) is 8.75. The van der Waals surface area contributed by atoms with Crippen molar-refractivity contribution in [3.05, 3.63) is 29.3 Å². The lowest BCUT2D eigenvalue weighted by molar-refractivity contribution is 0.0219. The van der Waals surface area contributed by atoms with Gasteiger partial charge >= 0.3 is 0 Å². The SMILES string of the molecule is COc1ccc2c(c1)CCN1C[C@H]3CCCN(S(=O)(=O)CCCNS(N)(=O)=O)[C@H]3C[C@@H]21. The van der Waals surface area contributed by atoms with Crippen LogP contribution in [0.4, 0.5) is 0 Å². The van der Waals surface area contributed by atoms with Gasteiger partial charge in [0.1, 0.15) is 5.75 Å². The number of nitrogens with one attached hydrogen (secondary N) is 1. The zero-order valence-corrected chi connectivity index (χ0v) is 19.5. The van der Waals surface area contributed by atoms with Crippen LogP contribution in [0.1, 0.15) is 42.9 Å². The van der Waals surface area contributed by atoms with E-state index < -0.39 is 20.2 Å². The number of sulfonamides is 1. The standard InChI is InChI=1S/C20H32N4O5S2/c1-29-17-5-6-18-15(12-17)7-10-23-14-16-4-2-9-24(19(16)13-20(18)23)30(25,26)11-3-8-22-31(21,27)28/h5-6,12,16,19-20,22H,2-4,7-11,13-14H2,1H3,(H2,21,27,28)/t16-,19+,20+/m1/s1. The van der Waals surface area contributed by atoms with Crippen LogP contribution in [0.2, 0.25) is 0 Å². The quantitative estimate of drug-likeness (QED) is 0.560. The molecule has 31 heavy (non-hydrogen) atoms. The van der Waals surface area contributed by atoms with Crippen molar-refractivity contribution >= 4 is 20.2 Å². The molecular formula is C20H32N4O5S2. The summed E-state index contributed by atoms with van der Waals surface area (Å²) in [5.74, 6) is 1.11. The van der Waals surface area contributed by atoms with Crippen molar-refractivity contribution in [2.75, 3.05) is 39.0 Å². The summed E-state index contributed by atoms with van der Waals surface area (Å²) >= 11 is 0. The van der Waals surface area contributed by atoms with Gasteiger partial charge in [0.05, 0.1) is 12.9 Å². The Morgan fingerprint density at radius 2 is 2.03 bits per heavy atom. The van der Waals surface area contributed by atoms with Gasteiger partial charge < -0.3 is 4.74 Å². The molecule has 1 aromatic carbocycles. The molecule has 0 saturated carbocycles. The molecule has 2 saturated heterocycles. The number of hydrogen-bond donors (Lipinski definition) is 2. The second kappa shape index (κ2) is 8.95. The molecule has 0 spiro atoms. The third-order valence-electron chi connectivity index (χ3n) is 6.86. The fourth-order valence-corrected chi connectivity index (χ4v) is 7.70. The molecule has 3 atom stereocenters. The maximum atomic E-state index is 13.1. The average molecular weight is 473 g/mol. The van der Waals surface area contributed by atoms with Gasteiger partial charge in [-0.2, -0.15) is 12.7 Å². The van der Waals surface area contributed by atoms with Gasteiger partial charge in [-0.15, -0.1) is 0 Å². The number of nitrogens with zero attached hydrogens (tertiary/aromatic N) is 2. The number of piperidine rings is 2. The summed E-state index contributed by atoms with van der Waals surface area (Å²) in [7, 11) is -5.61. The van der Waals surface area contributed by atoms with Gasteiger partial charge in [-0.05, 0) is 61.3 Å². The Bertz CT molecular complexity index is 1010. The summed E-state index contributed by atoms with van der Waals surface area (Å²) in [5, 5.41) is 4.92. The van der Waals surface area contributed by atoms with E-state index >= 15 is 0 Å². The van der Waals surface area contributed by atoms with Gasteiger partial charge in [0.25, 0.3) is 10.2 Å². The fraction of sp³-hybridized carbons (Fsp3) is 0.700. The van der Waals surface area contributed by atoms with E-state index in [0.717, 1.165) is 44.5 Å². The van der Waals surface area contributed by atoms with E-state index in [4.69, 9.17) is 9.88 Å². The number of hydrogen-bond acceptors (Lipinski definition) is 6.